The molecule has 2 N–H and O–H groups in total. The van der Waals surface area contributed by atoms with Crippen molar-refractivity contribution in [2.45, 2.75) is 37.2 Å². The number of aliphatic imine (C=N–C) groups is 1. The Morgan fingerprint density at radius 2 is 1.97 bits per heavy atom. The molecule has 3 rings (SSSR count). The van der Waals surface area contributed by atoms with Crippen LogP contribution < -0.4 is 10.5 Å². The van der Waals surface area contributed by atoms with E-state index >= 15 is 0 Å². The van der Waals surface area contributed by atoms with Crippen LogP contribution in [0.4, 0.5) is 30.7 Å². The Morgan fingerprint density at radius 1 is 1.26 bits per heavy atom. The van der Waals surface area contributed by atoms with Crippen molar-refractivity contribution < 1.29 is 45.0 Å². The summed E-state index contributed by atoms with van der Waals surface area (Å²) >= 11 is 0. The third kappa shape index (κ3) is 5.07. The lowest BCUT2D eigenvalue weighted by Gasteiger charge is -2.37. The number of halogens is 7. The van der Waals surface area contributed by atoms with E-state index in [1.807, 2.05) is 0 Å². The zero-order valence-electron chi connectivity index (χ0n) is 17.5. The number of benzene rings is 1. The first-order valence-corrected chi connectivity index (χ1v) is 9.68. The third-order valence-electron chi connectivity index (χ3n) is 5.14. The van der Waals surface area contributed by atoms with E-state index in [0.717, 1.165) is 37.4 Å². The number of alkyl halides is 6. The van der Waals surface area contributed by atoms with Crippen molar-refractivity contribution in [3.63, 3.8) is 0 Å². The molecule has 1 atom stereocenters. The molecule has 0 radical (unpaired) electrons. The molecule has 0 fully saturated rings. The predicted molar refractivity (Wildman–Crippen MR) is 105 cm³/mol. The van der Waals surface area contributed by atoms with Crippen molar-refractivity contribution in [2.24, 2.45) is 10.7 Å². The van der Waals surface area contributed by atoms with Gasteiger partial charge in [0.25, 0.3) is 6.02 Å². The van der Waals surface area contributed by atoms with Gasteiger partial charge in [0.15, 0.2) is 24.5 Å². The minimum Gasteiger partial charge on any atom is -0.485 e. The molecule has 184 valence electrons. The average Bonchev–Trinajstić information content (AvgIpc) is 2.77. The molecule has 0 saturated heterocycles. The van der Waals surface area contributed by atoms with Gasteiger partial charge in [-0.15, -0.1) is 0 Å². The molecule has 0 spiro atoms. The highest BCUT2D eigenvalue weighted by molar-refractivity contribution is 5.95. The average molecular weight is 493 g/mol. The van der Waals surface area contributed by atoms with Crippen LogP contribution in [0.25, 0.3) is 0 Å². The molecule has 0 saturated carbocycles. The van der Waals surface area contributed by atoms with Gasteiger partial charge in [-0.2, -0.15) is 17.6 Å². The van der Waals surface area contributed by atoms with E-state index in [2.05, 4.69) is 19.5 Å². The number of hydrogen-bond acceptors (Lipinski definition) is 6. The molecule has 2 heterocycles. The molecule has 1 aromatic heterocycles. The molecule has 1 aliphatic rings. The number of aromatic nitrogens is 1. The van der Waals surface area contributed by atoms with Crippen LogP contribution in [0.1, 0.15) is 28.5 Å². The van der Waals surface area contributed by atoms with Crippen molar-refractivity contribution in [1.82, 2.24) is 4.98 Å². The number of carbonyl (C=O) groups is 1. The van der Waals surface area contributed by atoms with Gasteiger partial charge in [0.05, 0.1) is 6.20 Å². The Labute approximate surface area is 188 Å². The number of nitrogens with zero attached hydrogens (tertiary/aromatic N) is 2. The van der Waals surface area contributed by atoms with Gasteiger partial charge < -0.3 is 15.2 Å². The van der Waals surface area contributed by atoms with Crippen LogP contribution >= 0.6 is 0 Å². The maximum absolute atomic E-state index is 14.5. The highest BCUT2D eigenvalue weighted by Crippen LogP contribution is 2.44. The van der Waals surface area contributed by atoms with E-state index in [0.29, 0.717) is 0 Å². The Balaban J connectivity index is 1.77. The molecule has 2 aromatic rings. The summed E-state index contributed by atoms with van der Waals surface area (Å²) in [6.45, 7) is -1.70. The van der Waals surface area contributed by atoms with Crippen molar-refractivity contribution in [3.05, 3.63) is 59.2 Å². The third-order valence-corrected chi connectivity index (χ3v) is 5.14. The molecule has 0 aliphatic carbocycles. The Kier molecular flexibility index (Phi) is 6.76. The summed E-state index contributed by atoms with van der Waals surface area (Å²) in [6.07, 6.45) is -3.39. The van der Waals surface area contributed by atoms with Crippen LogP contribution in [-0.4, -0.2) is 48.3 Å². The van der Waals surface area contributed by atoms with Crippen LogP contribution in [0.2, 0.25) is 0 Å². The SMILES string of the molecule is C[C@]1(c2cc(CC(=O)c3ccc(OCC(F)(F)C(F)F)cn3)ccc2F)N=C(N)OCC1(F)F. The second-order valence-electron chi connectivity index (χ2n) is 7.66. The van der Waals surface area contributed by atoms with E-state index < -0.39 is 60.2 Å². The van der Waals surface area contributed by atoms with E-state index in [9.17, 15) is 35.5 Å². The second kappa shape index (κ2) is 9.11. The quantitative estimate of drug-likeness (QED) is 0.442. The van der Waals surface area contributed by atoms with Gasteiger partial charge in [-0.05, 0) is 36.8 Å². The Bertz CT molecular complexity index is 1090. The van der Waals surface area contributed by atoms with Gasteiger partial charge in [-0.1, -0.05) is 6.07 Å². The van der Waals surface area contributed by atoms with Crippen molar-refractivity contribution in [2.75, 3.05) is 13.2 Å². The van der Waals surface area contributed by atoms with Gasteiger partial charge in [0.1, 0.15) is 17.3 Å². The smallest absolute Gasteiger partial charge is 0.340 e. The fourth-order valence-electron chi connectivity index (χ4n) is 3.10. The molecule has 0 amide bonds. The first-order chi connectivity index (χ1) is 15.7. The summed E-state index contributed by atoms with van der Waals surface area (Å²) in [7, 11) is 0. The lowest BCUT2D eigenvalue weighted by molar-refractivity contribution is -0.148. The predicted octanol–water partition coefficient (Wildman–Crippen LogP) is 4.12. The normalized spacial score (nSPS) is 20.0. The number of pyridine rings is 1. The van der Waals surface area contributed by atoms with Gasteiger partial charge >= 0.3 is 18.3 Å². The van der Waals surface area contributed by atoms with Gasteiger partial charge in [0, 0.05) is 12.0 Å². The molecule has 13 heteroatoms. The van der Waals surface area contributed by atoms with E-state index in [1.165, 1.54) is 6.07 Å². The maximum atomic E-state index is 14.5. The standard InChI is InChI=1S/C21H18F7N3O3/c1-19(21(27,28)10-34-18(29)31-19)13-6-11(2-4-14(13)22)7-16(32)15-5-3-12(8-30-15)33-9-20(25,26)17(23)24/h2-6,8,17H,7,9-10H2,1H3,(H2,29,31)/t19-/m1/s1. The number of Topliss-reactive ketones (excluding diaryl/α,β-unsaturated/α-hetero) is 1. The topological polar surface area (TPSA) is 86.8 Å². The zero-order chi connectivity index (χ0) is 25.3. The monoisotopic (exact) mass is 493 g/mol. The van der Waals surface area contributed by atoms with Crippen molar-refractivity contribution in [1.29, 1.82) is 0 Å². The van der Waals surface area contributed by atoms with E-state index in [4.69, 9.17) is 5.73 Å². The first kappa shape index (κ1) is 25.2. The van der Waals surface area contributed by atoms with Gasteiger partial charge in [-0.25, -0.2) is 23.1 Å². The number of amidine groups is 1. The minimum atomic E-state index is -4.36. The van der Waals surface area contributed by atoms with Crippen LogP contribution in [0, 0.1) is 5.82 Å². The minimum absolute atomic E-state index is 0.149. The summed E-state index contributed by atoms with van der Waals surface area (Å²) in [5, 5.41) is 0. The maximum Gasteiger partial charge on any atom is 0.340 e. The van der Waals surface area contributed by atoms with Crippen molar-refractivity contribution >= 4 is 11.8 Å². The molecule has 1 aromatic carbocycles. The largest absolute Gasteiger partial charge is 0.485 e. The summed E-state index contributed by atoms with van der Waals surface area (Å²) in [5.74, 6) is -9.84. The van der Waals surface area contributed by atoms with E-state index in [1.54, 1.807) is 0 Å². The number of carbonyl (C=O) groups excluding carboxylic acids is 1. The molecule has 34 heavy (non-hydrogen) atoms. The lowest BCUT2D eigenvalue weighted by Crippen LogP contribution is -2.51. The fraction of sp³-hybridized carbons (Fsp3) is 0.381. The van der Waals surface area contributed by atoms with Crippen LogP contribution in [0.15, 0.2) is 41.5 Å². The molecule has 0 unspecified atom stereocenters. The lowest BCUT2D eigenvalue weighted by atomic mass is 9.84. The molecular formula is C21H18F7N3O3. The van der Waals surface area contributed by atoms with Crippen LogP contribution in [0.3, 0.4) is 0 Å². The number of ether oxygens (including phenoxy) is 2. The highest BCUT2D eigenvalue weighted by atomic mass is 19.3. The number of ketones is 1. The molecule has 1 aliphatic heterocycles. The second-order valence-corrected chi connectivity index (χ2v) is 7.66. The summed E-state index contributed by atoms with van der Waals surface area (Å²) in [5.41, 5.74) is 2.55. The van der Waals surface area contributed by atoms with Gasteiger partial charge in [0.2, 0.25) is 0 Å². The zero-order valence-corrected chi connectivity index (χ0v) is 17.5. The number of rotatable bonds is 8. The fourth-order valence-corrected chi connectivity index (χ4v) is 3.10. The van der Waals surface area contributed by atoms with E-state index in [-0.39, 0.29) is 23.4 Å². The molecule has 0 bridgehead atoms. The summed E-state index contributed by atoms with van der Waals surface area (Å²) in [4.78, 5) is 19.9. The van der Waals surface area contributed by atoms with Gasteiger partial charge in [-0.3, -0.25) is 4.79 Å². The Morgan fingerprint density at radius 3 is 2.59 bits per heavy atom. The Hall–Kier alpha value is -3.38. The molecule has 6 nitrogen and oxygen atoms in total. The van der Waals surface area contributed by atoms with Crippen LogP contribution in [0.5, 0.6) is 5.75 Å². The first-order valence-electron chi connectivity index (χ1n) is 9.68. The molecular weight excluding hydrogens is 475 g/mol. The number of hydrogen-bond donors (Lipinski definition) is 1. The van der Waals surface area contributed by atoms with Crippen molar-refractivity contribution in [3.8, 4) is 5.75 Å². The van der Waals surface area contributed by atoms with Crippen LogP contribution in [-0.2, 0) is 16.7 Å². The number of nitrogens with two attached hydrogens (primary N) is 1. The summed E-state index contributed by atoms with van der Waals surface area (Å²) < 4.78 is 103. The highest BCUT2D eigenvalue weighted by Gasteiger charge is 2.56. The summed E-state index contributed by atoms with van der Waals surface area (Å²) in [6, 6.07) is 4.85.